The lowest BCUT2D eigenvalue weighted by Gasteiger charge is -2.34. The highest BCUT2D eigenvalue weighted by Gasteiger charge is 2.40. The van der Waals surface area contributed by atoms with Gasteiger partial charge in [0.25, 0.3) is 5.91 Å². The summed E-state index contributed by atoms with van der Waals surface area (Å²) in [5, 5.41) is 6.00. The highest BCUT2D eigenvalue weighted by molar-refractivity contribution is 6.30. The van der Waals surface area contributed by atoms with Crippen LogP contribution in [0, 0.1) is 0 Å². The van der Waals surface area contributed by atoms with Crippen LogP contribution < -0.4 is 10.2 Å². The number of hydrogen-bond donors (Lipinski definition) is 1. The molecule has 172 valence electrons. The molecule has 4 nitrogen and oxygen atoms in total. The lowest BCUT2D eigenvalue weighted by atomic mass is 9.85. The summed E-state index contributed by atoms with van der Waals surface area (Å²) in [7, 11) is 0. The van der Waals surface area contributed by atoms with E-state index in [9.17, 15) is 9.59 Å². The topological polar surface area (TPSA) is 49.4 Å². The first-order valence-corrected chi connectivity index (χ1v) is 12.2. The van der Waals surface area contributed by atoms with Crippen molar-refractivity contribution in [3.8, 4) is 0 Å². The molecule has 1 N–H and O–H groups in total. The molecule has 4 aromatic carbocycles. The van der Waals surface area contributed by atoms with Crippen LogP contribution in [0.25, 0.3) is 10.8 Å². The molecule has 5 heteroatoms. The van der Waals surface area contributed by atoms with Crippen molar-refractivity contribution in [3.05, 3.63) is 118 Å². The van der Waals surface area contributed by atoms with E-state index in [1.54, 1.807) is 4.90 Å². The molecule has 0 saturated heterocycles. The second kappa shape index (κ2) is 8.71. The minimum Gasteiger partial charge on any atom is -0.357 e. The molecule has 0 bridgehead atoms. The zero-order valence-corrected chi connectivity index (χ0v) is 19.8. The van der Waals surface area contributed by atoms with Crippen molar-refractivity contribution < 1.29 is 9.59 Å². The van der Waals surface area contributed by atoms with E-state index < -0.39 is 6.04 Å². The minimum atomic E-state index is -0.572. The SMILES string of the molecule is O=C1CCCC2=C1C(c1ccc(Cl)cc1)N(C(=O)c1cccc3ccccc13)c1ccccc1N2. The number of nitrogens with one attached hydrogen (secondary N) is 1. The summed E-state index contributed by atoms with van der Waals surface area (Å²) in [6.45, 7) is 0. The van der Waals surface area contributed by atoms with Crippen molar-refractivity contribution in [3.63, 3.8) is 0 Å². The standard InChI is InChI=1S/C30H23ClN2O2/c31-21-17-15-20(16-18-21)29-28-25(12-6-14-27(28)34)32-24-11-3-4-13-26(24)33(29)30(35)23-10-5-8-19-7-1-2-9-22(19)23/h1-5,7-11,13,15-18,29,32H,6,12,14H2. The predicted octanol–water partition coefficient (Wildman–Crippen LogP) is 7.31. The van der Waals surface area contributed by atoms with Gasteiger partial charge in [-0.1, -0.05) is 72.3 Å². The Labute approximate surface area is 208 Å². The molecule has 1 aliphatic heterocycles. The number of fused-ring (bicyclic) bond motifs is 2. The fraction of sp³-hybridized carbons (Fsp3) is 0.133. The van der Waals surface area contributed by atoms with Crippen molar-refractivity contribution in [1.82, 2.24) is 0 Å². The third-order valence-corrected chi connectivity index (χ3v) is 7.11. The molecule has 1 atom stereocenters. The van der Waals surface area contributed by atoms with E-state index in [1.807, 2.05) is 91.0 Å². The lowest BCUT2D eigenvalue weighted by Crippen LogP contribution is -2.38. The van der Waals surface area contributed by atoms with Crippen LogP contribution in [0.5, 0.6) is 0 Å². The Morgan fingerprint density at radius 1 is 0.857 bits per heavy atom. The predicted molar refractivity (Wildman–Crippen MR) is 141 cm³/mol. The summed E-state index contributed by atoms with van der Waals surface area (Å²) in [6, 6.07) is 28.3. The Morgan fingerprint density at radius 2 is 1.60 bits per heavy atom. The summed E-state index contributed by atoms with van der Waals surface area (Å²) in [5.41, 5.74) is 4.56. The summed E-state index contributed by atoms with van der Waals surface area (Å²) in [5.74, 6) is -0.0784. The summed E-state index contributed by atoms with van der Waals surface area (Å²) in [6.07, 6.45) is 2.02. The number of anilines is 2. The Bertz CT molecular complexity index is 1500. The van der Waals surface area contributed by atoms with Gasteiger partial charge in [0, 0.05) is 28.3 Å². The van der Waals surface area contributed by atoms with E-state index in [0.717, 1.165) is 46.2 Å². The third kappa shape index (κ3) is 3.71. The van der Waals surface area contributed by atoms with Crippen molar-refractivity contribution in [2.45, 2.75) is 25.3 Å². The number of para-hydroxylation sites is 2. The van der Waals surface area contributed by atoms with E-state index in [0.29, 0.717) is 22.6 Å². The van der Waals surface area contributed by atoms with Crippen LogP contribution in [-0.2, 0) is 4.79 Å². The maximum atomic E-state index is 14.5. The normalized spacial score (nSPS) is 17.5. The summed E-state index contributed by atoms with van der Waals surface area (Å²) in [4.78, 5) is 29.7. The van der Waals surface area contributed by atoms with Gasteiger partial charge in [-0.25, -0.2) is 0 Å². The molecule has 0 aromatic heterocycles. The number of carbonyl (C=O) groups is 2. The first-order chi connectivity index (χ1) is 17.1. The van der Waals surface area contributed by atoms with Gasteiger partial charge in [-0.2, -0.15) is 0 Å². The molecule has 1 amide bonds. The second-order valence-electron chi connectivity index (χ2n) is 8.97. The molecular weight excluding hydrogens is 456 g/mol. The van der Waals surface area contributed by atoms with E-state index >= 15 is 0 Å². The highest BCUT2D eigenvalue weighted by atomic mass is 35.5. The van der Waals surface area contributed by atoms with Gasteiger partial charge in [-0.3, -0.25) is 14.5 Å². The quantitative estimate of drug-likeness (QED) is 0.328. The number of amides is 1. The van der Waals surface area contributed by atoms with Crippen LogP contribution in [0.3, 0.4) is 0 Å². The molecule has 35 heavy (non-hydrogen) atoms. The monoisotopic (exact) mass is 478 g/mol. The maximum absolute atomic E-state index is 14.5. The fourth-order valence-electron chi connectivity index (χ4n) is 5.26. The number of Topliss-reactive ketones (excluding diaryl/α,β-unsaturated/α-hetero) is 1. The summed E-state index contributed by atoms with van der Waals surface area (Å²) >= 11 is 6.22. The van der Waals surface area contributed by atoms with Crippen molar-refractivity contribution in [1.29, 1.82) is 0 Å². The van der Waals surface area contributed by atoms with Gasteiger partial charge < -0.3 is 5.32 Å². The van der Waals surface area contributed by atoms with Crippen molar-refractivity contribution in [2.24, 2.45) is 0 Å². The average Bonchev–Trinajstić information content (AvgIpc) is 3.03. The molecule has 1 unspecified atom stereocenters. The molecule has 0 spiro atoms. The molecule has 4 aromatic rings. The average molecular weight is 479 g/mol. The van der Waals surface area contributed by atoms with Crippen LogP contribution >= 0.6 is 11.6 Å². The number of carbonyl (C=O) groups excluding carboxylic acids is 2. The van der Waals surface area contributed by atoms with Crippen molar-refractivity contribution >= 4 is 45.4 Å². The lowest BCUT2D eigenvalue weighted by molar-refractivity contribution is -0.116. The van der Waals surface area contributed by atoms with E-state index in [-0.39, 0.29) is 11.7 Å². The molecule has 0 fully saturated rings. The van der Waals surface area contributed by atoms with Crippen LogP contribution in [-0.4, -0.2) is 11.7 Å². The van der Waals surface area contributed by atoms with Gasteiger partial charge in [0.15, 0.2) is 5.78 Å². The number of benzene rings is 4. The van der Waals surface area contributed by atoms with Gasteiger partial charge in [0.05, 0.1) is 17.4 Å². The van der Waals surface area contributed by atoms with Gasteiger partial charge >= 0.3 is 0 Å². The fourth-order valence-corrected chi connectivity index (χ4v) is 5.39. The second-order valence-corrected chi connectivity index (χ2v) is 9.40. The number of nitrogens with zero attached hydrogens (tertiary/aromatic N) is 1. The third-order valence-electron chi connectivity index (χ3n) is 6.86. The molecule has 6 rings (SSSR count). The van der Waals surface area contributed by atoms with E-state index in [2.05, 4.69) is 5.32 Å². The minimum absolute atomic E-state index is 0.0715. The van der Waals surface area contributed by atoms with Gasteiger partial charge in [-0.05, 0) is 59.5 Å². The number of allylic oxidation sites excluding steroid dienone is 1. The zero-order chi connectivity index (χ0) is 23.9. The Morgan fingerprint density at radius 3 is 2.46 bits per heavy atom. The van der Waals surface area contributed by atoms with Crippen molar-refractivity contribution in [2.75, 3.05) is 10.2 Å². The van der Waals surface area contributed by atoms with E-state index in [4.69, 9.17) is 11.6 Å². The van der Waals surface area contributed by atoms with E-state index in [1.165, 1.54) is 0 Å². The molecule has 0 saturated carbocycles. The zero-order valence-electron chi connectivity index (χ0n) is 19.0. The first-order valence-electron chi connectivity index (χ1n) is 11.8. The van der Waals surface area contributed by atoms with Gasteiger partial charge in [0.1, 0.15) is 0 Å². The molecule has 2 aliphatic rings. The van der Waals surface area contributed by atoms with Gasteiger partial charge in [-0.15, -0.1) is 0 Å². The van der Waals surface area contributed by atoms with Crippen LogP contribution in [0.1, 0.15) is 41.2 Å². The molecule has 1 heterocycles. The summed E-state index contributed by atoms with van der Waals surface area (Å²) < 4.78 is 0. The smallest absolute Gasteiger partial charge is 0.259 e. The first kappa shape index (κ1) is 21.6. The molecule has 1 aliphatic carbocycles. The number of hydrogen-bond acceptors (Lipinski definition) is 3. The molecular formula is C30H23ClN2O2. The Balaban J connectivity index is 1.63. The largest absolute Gasteiger partial charge is 0.357 e. The Kier molecular flexibility index (Phi) is 5.39. The van der Waals surface area contributed by atoms with Crippen LogP contribution in [0.4, 0.5) is 11.4 Å². The maximum Gasteiger partial charge on any atom is 0.259 e. The molecule has 0 radical (unpaired) electrons. The van der Waals surface area contributed by atoms with Crippen LogP contribution in [0.15, 0.2) is 102 Å². The number of ketones is 1. The van der Waals surface area contributed by atoms with Gasteiger partial charge in [0.2, 0.25) is 0 Å². The number of rotatable bonds is 2. The Hall–Kier alpha value is -3.89. The highest BCUT2D eigenvalue weighted by Crippen LogP contribution is 2.45. The van der Waals surface area contributed by atoms with Crippen LogP contribution in [0.2, 0.25) is 5.02 Å². The number of halogens is 1.